The molecule has 1 heterocycles. The van der Waals surface area contributed by atoms with E-state index in [9.17, 15) is 0 Å². The molecule has 0 aromatic carbocycles. The SMILES string of the molecule is C#CCCCC(NCC)c1ncccc1C. The molecule has 0 saturated carbocycles. The van der Waals surface area contributed by atoms with Crippen molar-refractivity contribution >= 4 is 0 Å². The maximum atomic E-state index is 5.27. The van der Waals surface area contributed by atoms with Gasteiger partial charge in [-0.3, -0.25) is 4.98 Å². The van der Waals surface area contributed by atoms with E-state index in [0.29, 0.717) is 6.04 Å². The topological polar surface area (TPSA) is 24.9 Å². The van der Waals surface area contributed by atoms with Gasteiger partial charge < -0.3 is 5.32 Å². The molecule has 0 aliphatic heterocycles. The Labute approximate surface area is 98.5 Å². The fourth-order valence-electron chi connectivity index (χ4n) is 1.85. The van der Waals surface area contributed by atoms with E-state index < -0.39 is 0 Å². The molecule has 86 valence electrons. The number of hydrogen-bond donors (Lipinski definition) is 1. The number of nitrogens with one attached hydrogen (secondary N) is 1. The van der Waals surface area contributed by atoms with Gasteiger partial charge in [0, 0.05) is 18.7 Å². The maximum Gasteiger partial charge on any atom is 0.0602 e. The van der Waals surface area contributed by atoms with Gasteiger partial charge in [0.15, 0.2) is 0 Å². The number of nitrogens with zero attached hydrogens (tertiary/aromatic N) is 1. The van der Waals surface area contributed by atoms with E-state index in [1.807, 2.05) is 12.3 Å². The van der Waals surface area contributed by atoms with E-state index in [1.54, 1.807) is 0 Å². The normalized spacial score (nSPS) is 12.1. The first-order chi connectivity index (χ1) is 7.79. The first-order valence-electron chi connectivity index (χ1n) is 5.88. The van der Waals surface area contributed by atoms with Crippen LogP contribution in [0.15, 0.2) is 18.3 Å². The van der Waals surface area contributed by atoms with E-state index in [1.165, 1.54) is 5.56 Å². The lowest BCUT2D eigenvalue weighted by atomic mass is 10.0. The van der Waals surface area contributed by atoms with Crippen molar-refractivity contribution in [1.82, 2.24) is 10.3 Å². The molecule has 0 aliphatic rings. The van der Waals surface area contributed by atoms with Gasteiger partial charge in [-0.25, -0.2) is 0 Å². The minimum absolute atomic E-state index is 0.333. The summed E-state index contributed by atoms with van der Waals surface area (Å²) >= 11 is 0. The van der Waals surface area contributed by atoms with Crippen LogP contribution in [0.4, 0.5) is 0 Å². The number of aryl methyl sites for hydroxylation is 1. The Bertz CT molecular complexity index is 352. The van der Waals surface area contributed by atoms with Gasteiger partial charge >= 0.3 is 0 Å². The van der Waals surface area contributed by atoms with Crippen molar-refractivity contribution in [3.63, 3.8) is 0 Å². The average Bonchev–Trinajstić information content (AvgIpc) is 2.29. The molecule has 0 bridgehead atoms. The van der Waals surface area contributed by atoms with Crippen LogP contribution in [0, 0.1) is 19.3 Å². The molecule has 0 spiro atoms. The van der Waals surface area contributed by atoms with Gasteiger partial charge in [0.25, 0.3) is 0 Å². The monoisotopic (exact) mass is 216 g/mol. The van der Waals surface area contributed by atoms with Crippen molar-refractivity contribution in [3.8, 4) is 12.3 Å². The summed E-state index contributed by atoms with van der Waals surface area (Å²) in [7, 11) is 0. The van der Waals surface area contributed by atoms with Crippen molar-refractivity contribution in [2.24, 2.45) is 0 Å². The van der Waals surface area contributed by atoms with Crippen LogP contribution in [0.2, 0.25) is 0 Å². The molecule has 2 nitrogen and oxygen atoms in total. The molecule has 1 aromatic heterocycles. The highest BCUT2D eigenvalue weighted by Crippen LogP contribution is 2.20. The lowest BCUT2D eigenvalue weighted by Gasteiger charge is -2.18. The first-order valence-corrected chi connectivity index (χ1v) is 5.88. The Hall–Kier alpha value is -1.33. The number of aromatic nitrogens is 1. The number of hydrogen-bond acceptors (Lipinski definition) is 2. The van der Waals surface area contributed by atoms with Gasteiger partial charge in [0.05, 0.1) is 5.69 Å². The Morgan fingerprint density at radius 2 is 2.38 bits per heavy atom. The number of pyridine rings is 1. The molecule has 0 radical (unpaired) electrons. The van der Waals surface area contributed by atoms with E-state index >= 15 is 0 Å². The second-order valence-corrected chi connectivity index (χ2v) is 3.91. The number of rotatable bonds is 6. The molecule has 1 atom stereocenters. The largest absolute Gasteiger partial charge is 0.309 e. The summed E-state index contributed by atoms with van der Waals surface area (Å²) in [6.07, 6.45) is 10.1. The van der Waals surface area contributed by atoms with Crippen molar-refractivity contribution in [3.05, 3.63) is 29.6 Å². The molecular weight excluding hydrogens is 196 g/mol. The molecule has 0 saturated heterocycles. The van der Waals surface area contributed by atoms with Gasteiger partial charge in [0.2, 0.25) is 0 Å². The standard InChI is InChI=1S/C14H20N2/c1-4-6-7-10-13(15-5-2)14-12(3)9-8-11-16-14/h1,8-9,11,13,15H,5-7,10H2,2-3H3. The minimum Gasteiger partial charge on any atom is -0.309 e. The summed E-state index contributed by atoms with van der Waals surface area (Å²) in [5, 5.41) is 3.47. The van der Waals surface area contributed by atoms with Crippen molar-refractivity contribution in [2.45, 2.75) is 39.2 Å². The summed E-state index contributed by atoms with van der Waals surface area (Å²) in [6.45, 7) is 5.18. The van der Waals surface area contributed by atoms with E-state index in [-0.39, 0.29) is 0 Å². The lowest BCUT2D eigenvalue weighted by molar-refractivity contribution is 0.489. The Morgan fingerprint density at radius 1 is 1.56 bits per heavy atom. The molecule has 1 N–H and O–H groups in total. The van der Waals surface area contributed by atoms with Crippen molar-refractivity contribution in [1.29, 1.82) is 0 Å². The van der Waals surface area contributed by atoms with E-state index in [0.717, 1.165) is 31.5 Å². The van der Waals surface area contributed by atoms with Crippen LogP contribution in [-0.4, -0.2) is 11.5 Å². The van der Waals surface area contributed by atoms with Crippen LogP contribution in [0.3, 0.4) is 0 Å². The summed E-state index contributed by atoms with van der Waals surface area (Å²) in [6, 6.07) is 4.41. The molecule has 1 unspecified atom stereocenters. The quantitative estimate of drug-likeness (QED) is 0.584. The highest BCUT2D eigenvalue weighted by atomic mass is 14.9. The van der Waals surface area contributed by atoms with Crippen LogP contribution >= 0.6 is 0 Å². The van der Waals surface area contributed by atoms with Crippen molar-refractivity contribution in [2.75, 3.05) is 6.54 Å². The zero-order chi connectivity index (χ0) is 11.8. The summed E-state index contributed by atoms with van der Waals surface area (Å²) < 4.78 is 0. The van der Waals surface area contributed by atoms with E-state index in [2.05, 4.69) is 36.1 Å². The second kappa shape index (κ2) is 7.03. The molecular formula is C14H20N2. The average molecular weight is 216 g/mol. The third kappa shape index (κ3) is 3.67. The zero-order valence-corrected chi connectivity index (χ0v) is 10.2. The fraction of sp³-hybridized carbons (Fsp3) is 0.500. The first kappa shape index (κ1) is 12.7. The molecule has 16 heavy (non-hydrogen) atoms. The van der Waals surface area contributed by atoms with Crippen LogP contribution in [0.25, 0.3) is 0 Å². The Morgan fingerprint density at radius 3 is 3.00 bits per heavy atom. The Kier molecular flexibility index (Phi) is 5.60. The highest BCUT2D eigenvalue weighted by molar-refractivity contribution is 5.21. The fourth-order valence-corrected chi connectivity index (χ4v) is 1.85. The second-order valence-electron chi connectivity index (χ2n) is 3.91. The smallest absolute Gasteiger partial charge is 0.0602 e. The van der Waals surface area contributed by atoms with Gasteiger partial charge in [-0.05, 0) is 37.9 Å². The molecule has 0 amide bonds. The van der Waals surface area contributed by atoms with Crippen molar-refractivity contribution < 1.29 is 0 Å². The van der Waals surface area contributed by atoms with Gasteiger partial charge in [-0.15, -0.1) is 12.3 Å². The molecule has 0 fully saturated rings. The highest BCUT2D eigenvalue weighted by Gasteiger charge is 2.12. The van der Waals surface area contributed by atoms with Crippen LogP contribution < -0.4 is 5.32 Å². The third-order valence-electron chi connectivity index (χ3n) is 2.64. The Balaban J connectivity index is 2.69. The predicted octanol–water partition coefficient (Wildman–Crippen LogP) is 2.84. The van der Waals surface area contributed by atoms with Gasteiger partial charge in [-0.2, -0.15) is 0 Å². The van der Waals surface area contributed by atoms with Crippen LogP contribution in [-0.2, 0) is 0 Å². The van der Waals surface area contributed by atoms with E-state index in [4.69, 9.17) is 6.42 Å². The minimum atomic E-state index is 0.333. The maximum absolute atomic E-state index is 5.27. The zero-order valence-electron chi connectivity index (χ0n) is 10.2. The van der Waals surface area contributed by atoms with Gasteiger partial charge in [-0.1, -0.05) is 13.0 Å². The summed E-state index contributed by atoms with van der Waals surface area (Å²) in [5.41, 5.74) is 2.40. The number of terminal acetylenes is 1. The molecule has 1 rings (SSSR count). The molecule has 2 heteroatoms. The third-order valence-corrected chi connectivity index (χ3v) is 2.64. The van der Waals surface area contributed by atoms with Gasteiger partial charge in [0.1, 0.15) is 0 Å². The molecule has 1 aromatic rings. The van der Waals surface area contributed by atoms with Crippen LogP contribution in [0.1, 0.15) is 43.5 Å². The number of unbranched alkanes of at least 4 members (excludes halogenated alkanes) is 1. The summed E-state index contributed by atoms with van der Waals surface area (Å²) in [5.74, 6) is 2.68. The summed E-state index contributed by atoms with van der Waals surface area (Å²) in [4.78, 5) is 4.46. The lowest BCUT2D eigenvalue weighted by Crippen LogP contribution is -2.22. The van der Waals surface area contributed by atoms with Crippen LogP contribution in [0.5, 0.6) is 0 Å². The molecule has 0 aliphatic carbocycles. The predicted molar refractivity (Wildman–Crippen MR) is 68.1 cm³/mol.